The summed E-state index contributed by atoms with van der Waals surface area (Å²) in [4.78, 5) is 33.3. The molecule has 5 rings (SSSR count). The highest BCUT2D eigenvalue weighted by Crippen LogP contribution is 2.63. The lowest BCUT2D eigenvalue weighted by Gasteiger charge is -2.25. The van der Waals surface area contributed by atoms with E-state index < -0.39 is 0 Å². The van der Waals surface area contributed by atoms with E-state index in [1.165, 1.54) is 5.57 Å². The maximum atomic E-state index is 12.9. The zero-order valence-electron chi connectivity index (χ0n) is 17.9. The molecule has 30 heavy (non-hydrogen) atoms. The second kappa shape index (κ2) is 7.67. The van der Waals surface area contributed by atoms with E-state index in [0.717, 1.165) is 36.2 Å². The van der Waals surface area contributed by atoms with Crippen LogP contribution >= 0.6 is 0 Å². The van der Waals surface area contributed by atoms with E-state index >= 15 is 0 Å². The van der Waals surface area contributed by atoms with Gasteiger partial charge in [0.1, 0.15) is 5.69 Å². The number of nitrogens with zero attached hydrogens (tertiary/aromatic N) is 3. The van der Waals surface area contributed by atoms with E-state index in [1.807, 2.05) is 31.4 Å². The summed E-state index contributed by atoms with van der Waals surface area (Å²) in [5.74, 6) is 0.992. The summed E-state index contributed by atoms with van der Waals surface area (Å²) in [6, 6.07) is 1.81. The van der Waals surface area contributed by atoms with Crippen molar-refractivity contribution >= 4 is 23.0 Å². The summed E-state index contributed by atoms with van der Waals surface area (Å²) >= 11 is 0. The first kappa shape index (κ1) is 20.3. The van der Waals surface area contributed by atoms with Gasteiger partial charge in [-0.15, -0.1) is 0 Å². The normalized spacial score (nSPS) is 23.8. The van der Waals surface area contributed by atoms with E-state index in [2.05, 4.69) is 34.0 Å². The molecule has 1 saturated carbocycles. The minimum atomic E-state index is 0. The number of hydrogen-bond donors (Lipinski definition) is 1. The van der Waals surface area contributed by atoms with Gasteiger partial charge in [-0.2, -0.15) is 0 Å². The second-order valence-electron chi connectivity index (χ2n) is 8.14. The number of aromatic nitrogens is 3. The molecule has 1 N–H and O–H groups in total. The monoisotopic (exact) mass is 408 g/mol. The van der Waals surface area contributed by atoms with E-state index in [4.69, 9.17) is 0 Å². The molecule has 2 aromatic heterocycles. The van der Waals surface area contributed by atoms with Crippen LogP contribution in [0.2, 0.25) is 0 Å². The Balaban J connectivity index is 0.000000884. The molecule has 2 aliphatic carbocycles. The lowest BCUT2D eigenvalue weighted by Crippen LogP contribution is -2.31. The molecule has 1 fully saturated rings. The second-order valence-corrected chi connectivity index (χ2v) is 8.14. The van der Waals surface area contributed by atoms with Gasteiger partial charge in [-0.1, -0.05) is 32.6 Å². The average Bonchev–Trinajstić information content (AvgIpc) is 3.31. The van der Waals surface area contributed by atoms with Crippen molar-refractivity contribution in [2.45, 2.75) is 52.9 Å². The van der Waals surface area contributed by atoms with Gasteiger partial charge in [-0.3, -0.25) is 14.0 Å². The number of nitrogens with one attached hydrogen (secondary N) is 1. The molecule has 2 unspecified atom stereocenters. The molecule has 0 bridgehead atoms. The van der Waals surface area contributed by atoms with E-state index in [9.17, 15) is 9.59 Å². The van der Waals surface area contributed by atoms with Crippen LogP contribution in [-0.2, 0) is 4.79 Å². The highest BCUT2D eigenvalue weighted by molar-refractivity contribution is 5.95. The maximum Gasteiger partial charge on any atom is 0.234 e. The van der Waals surface area contributed by atoms with Gasteiger partial charge in [0.25, 0.3) is 0 Å². The Hall–Kier alpha value is -3.02. The van der Waals surface area contributed by atoms with Crippen LogP contribution in [0.4, 0.5) is 0 Å². The average molecular weight is 409 g/mol. The summed E-state index contributed by atoms with van der Waals surface area (Å²) < 4.78 is 1.85. The Morgan fingerprint density at radius 1 is 1.40 bits per heavy atom. The number of hydrogen-bond acceptors (Lipinski definition) is 4. The third-order valence-corrected chi connectivity index (χ3v) is 6.24. The van der Waals surface area contributed by atoms with Crippen molar-refractivity contribution in [2.24, 2.45) is 11.3 Å². The molecule has 6 heteroatoms. The SMILES string of the molecule is C=C(C)c1cc(C(=O)CCC23C=CC4=C(NC(=O)CC4)C2C3)nc2nccn12.CC.[HH].[HH]. The molecule has 0 radical (unpaired) electrons. The number of rotatable bonds is 5. The van der Waals surface area contributed by atoms with Crippen molar-refractivity contribution in [1.82, 2.24) is 19.7 Å². The van der Waals surface area contributed by atoms with Crippen LogP contribution < -0.4 is 5.32 Å². The van der Waals surface area contributed by atoms with Gasteiger partial charge in [0, 0.05) is 39.7 Å². The third kappa shape index (κ3) is 3.40. The zero-order chi connectivity index (χ0) is 21.5. The largest absolute Gasteiger partial charge is 0.329 e. The van der Waals surface area contributed by atoms with Crippen LogP contribution in [0.1, 0.15) is 71.9 Å². The molecule has 0 aromatic carbocycles. The molecule has 6 nitrogen and oxygen atoms in total. The first-order chi connectivity index (χ1) is 14.5. The topological polar surface area (TPSA) is 76.4 Å². The lowest BCUT2D eigenvalue weighted by atomic mass is 9.86. The van der Waals surface area contributed by atoms with Gasteiger partial charge in [-0.05, 0) is 48.8 Å². The fourth-order valence-corrected chi connectivity index (χ4v) is 4.53. The van der Waals surface area contributed by atoms with E-state index in [-0.39, 0.29) is 20.0 Å². The third-order valence-electron chi connectivity index (χ3n) is 6.24. The summed E-state index contributed by atoms with van der Waals surface area (Å²) in [7, 11) is 0. The maximum absolute atomic E-state index is 12.9. The standard InChI is InChI=1S/C22H22N4O2.C2H6.2H2/c1-13(2)17-11-16(24-21-23-9-10-26(17)21)18(27)6-8-22-7-5-14-3-4-19(28)25-20(14)15(22)12-22;1-2;;/h5,7,9-11,15H,1,3-4,6,8,12H2,2H3,(H,25,28);1-2H3;2*1H. The highest BCUT2D eigenvalue weighted by Gasteiger charge is 2.56. The molecule has 3 heterocycles. The van der Waals surface area contributed by atoms with Gasteiger partial charge in [0.2, 0.25) is 11.7 Å². The Bertz CT molecular complexity index is 1120. The van der Waals surface area contributed by atoms with Crippen LogP contribution in [0.3, 0.4) is 0 Å². The lowest BCUT2D eigenvalue weighted by molar-refractivity contribution is -0.120. The predicted molar refractivity (Wildman–Crippen MR) is 121 cm³/mol. The fourth-order valence-electron chi connectivity index (χ4n) is 4.53. The van der Waals surface area contributed by atoms with Crippen molar-refractivity contribution in [2.75, 3.05) is 0 Å². The number of Topliss-reactive ketones (excluding diaryl/α,β-unsaturated/α-hetero) is 1. The Morgan fingerprint density at radius 2 is 2.20 bits per heavy atom. The van der Waals surface area contributed by atoms with Crippen LogP contribution in [0, 0.1) is 11.3 Å². The molecule has 160 valence electrons. The van der Waals surface area contributed by atoms with Crippen LogP contribution in [0.25, 0.3) is 11.4 Å². The zero-order valence-corrected chi connectivity index (χ0v) is 17.9. The molecule has 0 spiro atoms. The van der Waals surface area contributed by atoms with Crippen molar-refractivity contribution in [3.05, 3.63) is 59.8 Å². The summed E-state index contributed by atoms with van der Waals surface area (Å²) in [6.07, 6.45) is 11.5. The summed E-state index contributed by atoms with van der Waals surface area (Å²) in [5.41, 5.74) is 4.51. The quantitative estimate of drug-likeness (QED) is 0.708. The molecule has 0 saturated heterocycles. The molecule has 1 amide bonds. The number of carbonyl (C=O) groups excluding carboxylic acids is 2. The number of fused-ring (bicyclic) bond motifs is 3. The number of carbonyl (C=O) groups is 2. The molecular weight excluding hydrogens is 376 g/mol. The van der Waals surface area contributed by atoms with Crippen molar-refractivity contribution in [3.8, 4) is 0 Å². The van der Waals surface area contributed by atoms with Gasteiger partial charge in [0.05, 0.1) is 5.69 Å². The predicted octanol–water partition coefficient (Wildman–Crippen LogP) is 4.98. The first-order valence-electron chi connectivity index (χ1n) is 10.7. The number of amides is 1. The Labute approximate surface area is 179 Å². The van der Waals surface area contributed by atoms with Crippen LogP contribution in [0.5, 0.6) is 0 Å². The van der Waals surface area contributed by atoms with E-state index in [1.54, 1.807) is 12.3 Å². The van der Waals surface area contributed by atoms with Crippen LogP contribution in [-0.4, -0.2) is 26.1 Å². The molecule has 2 aromatic rings. The Morgan fingerprint density at radius 3 is 2.97 bits per heavy atom. The van der Waals surface area contributed by atoms with Gasteiger partial charge in [0.15, 0.2) is 5.78 Å². The van der Waals surface area contributed by atoms with Crippen LogP contribution in [0.15, 0.2) is 48.5 Å². The molecule has 3 aliphatic rings. The number of imidazole rings is 1. The summed E-state index contributed by atoms with van der Waals surface area (Å²) in [5, 5.41) is 3.06. The molecule has 1 aliphatic heterocycles. The van der Waals surface area contributed by atoms with Crippen molar-refractivity contribution < 1.29 is 12.4 Å². The van der Waals surface area contributed by atoms with Gasteiger partial charge in [-0.25, -0.2) is 9.97 Å². The smallest absolute Gasteiger partial charge is 0.234 e. The van der Waals surface area contributed by atoms with Gasteiger partial charge >= 0.3 is 0 Å². The minimum Gasteiger partial charge on any atom is -0.329 e. The number of ketones is 1. The first-order valence-corrected chi connectivity index (χ1v) is 10.7. The Kier molecular flexibility index (Phi) is 5.18. The molecular formula is C24H32N4O2. The fraction of sp³-hybridized carbons (Fsp3) is 0.417. The highest BCUT2D eigenvalue weighted by atomic mass is 16.1. The van der Waals surface area contributed by atoms with Gasteiger partial charge < -0.3 is 5.32 Å². The van der Waals surface area contributed by atoms with E-state index in [0.29, 0.717) is 30.2 Å². The van der Waals surface area contributed by atoms with Crippen molar-refractivity contribution in [1.29, 1.82) is 0 Å². The van der Waals surface area contributed by atoms with Crippen molar-refractivity contribution in [3.63, 3.8) is 0 Å². The minimum absolute atomic E-state index is 0. The molecule has 2 atom stereocenters. The number of allylic oxidation sites excluding steroid dienone is 5. The summed E-state index contributed by atoms with van der Waals surface area (Å²) in [6.45, 7) is 9.91.